The predicted molar refractivity (Wildman–Crippen MR) is 110 cm³/mol. The van der Waals surface area contributed by atoms with Crippen molar-refractivity contribution in [2.45, 2.75) is 6.42 Å². The number of fused-ring (bicyclic) bond motifs is 1. The third-order valence-electron chi connectivity index (χ3n) is 5.16. The molecule has 138 valence electrons. The maximum absolute atomic E-state index is 13.3. The highest BCUT2D eigenvalue weighted by atomic mass is 35.5. The minimum absolute atomic E-state index is 0.0699. The average Bonchev–Trinajstić information content (AvgIpc) is 3.16. The van der Waals surface area contributed by atoms with Gasteiger partial charge < -0.3 is 10.2 Å². The van der Waals surface area contributed by atoms with E-state index in [1.807, 2.05) is 66.5 Å². The fourth-order valence-corrected chi connectivity index (χ4v) is 4.03. The summed E-state index contributed by atoms with van der Waals surface area (Å²) in [5, 5.41) is 4.73. The van der Waals surface area contributed by atoms with E-state index in [4.69, 9.17) is 16.6 Å². The molecule has 0 saturated carbocycles. The molecule has 2 heterocycles. The van der Waals surface area contributed by atoms with Gasteiger partial charge in [-0.3, -0.25) is 4.79 Å². The fraction of sp³-hybridized carbons (Fsp3) is 0.273. The number of benzene rings is 2. The Balaban J connectivity index is 1.78. The third-order valence-corrected chi connectivity index (χ3v) is 5.49. The van der Waals surface area contributed by atoms with E-state index in [0.29, 0.717) is 16.5 Å². The van der Waals surface area contributed by atoms with Crippen LogP contribution in [0.5, 0.6) is 0 Å². The molecule has 1 aliphatic rings. The Hall–Kier alpha value is -2.43. The number of hydrogen-bond donors (Lipinski definition) is 1. The molecular weight excluding hydrogens is 358 g/mol. The molecule has 3 aromatic rings. The van der Waals surface area contributed by atoms with Gasteiger partial charge in [0, 0.05) is 29.1 Å². The van der Waals surface area contributed by atoms with Gasteiger partial charge in [0.2, 0.25) is 0 Å². The summed E-state index contributed by atoms with van der Waals surface area (Å²) in [6.07, 6.45) is 1.03. The van der Waals surface area contributed by atoms with E-state index in [1.165, 1.54) is 0 Å². The van der Waals surface area contributed by atoms with E-state index >= 15 is 0 Å². The number of nitrogens with zero attached hydrogens (tertiary/aromatic N) is 2. The Labute approximate surface area is 164 Å². The molecule has 1 aromatic heterocycles. The molecule has 0 bridgehead atoms. The fourth-order valence-electron chi connectivity index (χ4n) is 3.80. The van der Waals surface area contributed by atoms with Gasteiger partial charge in [-0.05, 0) is 44.1 Å². The van der Waals surface area contributed by atoms with Crippen LogP contribution in [0.25, 0.3) is 22.2 Å². The van der Waals surface area contributed by atoms with Crippen LogP contribution in [0, 0.1) is 5.92 Å². The molecule has 4 rings (SSSR count). The van der Waals surface area contributed by atoms with Gasteiger partial charge in [-0.2, -0.15) is 0 Å². The number of rotatable bonds is 4. The predicted octanol–water partition coefficient (Wildman–Crippen LogP) is 4.24. The van der Waals surface area contributed by atoms with Crippen molar-refractivity contribution in [1.29, 1.82) is 0 Å². The number of aromatic nitrogens is 1. The molecule has 1 amide bonds. The van der Waals surface area contributed by atoms with Crippen molar-refractivity contribution in [3.8, 4) is 11.3 Å². The SMILES string of the molecule is CNCC1CCN(C(=O)c2cc(-c3ccccc3Cl)nc3ccccc23)C1. The quantitative estimate of drug-likeness (QED) is 0.737. The molecule has 0 spiro atoms. The monoisotopic (exact) mass is 379 g/mol. The topological polar surface area (TPSA) is 45.2 Å². The van der Waals surface area contributed by atoms with Crippen LogP contribution in [0.4, 0.5) is 0 Å². The standard InChI is InChI=1S/C22H22ClN3O/c1-24-13-15-10-11-26(14-15)22(27)18-12-21(17-7-2-4-8-19(17)23)25-20-9-5-3-6-16(18)20/h2-9,12,15,24H,10-11,13-14H2,1H3. The van der Waals surface area contributed by atoms with Crippen molar-refractivity contribution >= 4 is 28.4 Å². The van der Waals surface area contributed by atoms with E-state index in [0.717, 1.165) is 48.2 Å². The number of hydrogen-bond acceptors (Lipinski definition) is 3. The summed E-state index contributed by atoms with van der Waals surface area (Å²) in [4.78, 5) is 20.0. The third kappa shape index (κ3) is 3.55. The van der Waals surface area contributed by atoms with Crippen LogP contribution in [0.1, 0.15) is 16.8 Å². The molecule has 5 heteroatoms. The molecule has 4 nitrogen and oxygen atoms in total. The Morgan fingerprint density at radius 2 is 2.00 bits per heavy atom. The summed E-state index contributed by atoms with van der Waals surface area (Å²) in [6.45, 7) is 2.52. The highest BCUT2D eigenvalue weighted by Gasteiger charge is 2.28. The first-order valence-corrected chi connectivity index (χ1v) is 9.63. The average molecular weight is 380 g/mol. The Bertz CT molecular complexity index is 988. The molecule has 1 N–H and O–H groups in total. The lowest BCUT2D eigenvalue weighted by molar-refractivity contribution is 0.0789. The summed E-state index contributed by atoms with van der Waals surface area (Å²) in [6, 6.07) is 17.3. The number of carbonyl (C=O) groups is 1. The minimum Gasteiger partial charge on any atom is -0.338 e. The number of carbonyl (C=O) groups excluding carboxylic acids is 1. The summed E-state index contributed by atoms with van der Waals surface area (Å²) < 4.78 is 0. The van der Waals surface area contributed by atoms with Crippen molar-refractivity contribution < 1.29 is 4.79 Å². The molecule has 1 fully saturated rings. The zero-order valence-electron chi connectivity index (χ0n) is 15.3. The second-order valence-corrected chi connectivity index (χ2v) is 7.42. The van der Waals surface area contributed by atoms with Crippen LogP contribution in [-0.4, -0.2) is 42.5 Å². The Morgan fingerprint density at radius 1 is 1.22 bits per heavy atom. The summed E-state index contributed by atoms with van der Waals surface area (Å²) in [5.74, 6) is 0.579. The molecule has 1 saturated heterocycles. The molecule has 1 atom stereocenters. The van der Waals surface area contributed by atoms with Crippen molar-refractivity contribution in [1.82, 2.24) is 15.2 Å². The largest absolute Gasteiger partial charge is 0.338 e. The van der Waals surface area contributed by atoms with Crippen molar-refractivity contribution in [3.63, 3.8) is 0 Å². The summed E-state index contributed by atoms with van der Waals surface area (Å²) in [5.41, 5.74) is 3.08. The zero-order chi connectivity index (χ0) is 18.8. The normalized spacial score (nSPS) is 16.8. The molecule has 27 heavy (non-hydrogen) atoms. The van der Waals surface area contributed by atoms with E-state index in [-0.39, 0.29) is 5.91 Å². The van der Waals surface area contributed by atoms with E-state index in [1.54, 1.807) is 0 Å². The van der Waals surface area contributed by atoms with Gasteiger partial charge in [0.05, 0.1) is 16.8 Å². The lowest BCUT2D eigenvalue weighted by atomic mass is 10.0. The van der Waals surface area contributed by atoms with Crippen LogP contribution in [0.2, 0.25) is 5.02 Å². The maximum Gasteiger partial charge on any atom is 0.254 e. The molecule has 2 aromatic carbocycles. The Morgan fingerprint density at radius 3 is 2.81 bits per heavy atom. The van der Waals surface area contributed by atoms with Crippen molar-refractivity contribution in [3.05, 3.63) is 65.2 Å². The first kappa shape index (κ1) is 18.0. The number of pyridine rings is 1. The number of para-hydroxylation sites is 1. The van der Waals surface area contributed by atoms with E-state index in [2.05, 4.69) is 5.32 Å². The van der Waals surface area contributed by atoms with Crippen LogP contribution >= 0.6 is 11.6 Å². The second kappa shape index (κ2) is 7.67. The van der Waals surface area contributed by atoms with Crippen LogP contribution in [0.15, 0.2) is 54.6 Å². The van der Waals surface area contributed by atoms with Gasteiger partial charge in [-0.15, -0.1) is 0 Å². The van der Waals surface area contributed by atoms with Crippen molar-refractivity contribution in [2.24, 2.45) is 5.92 Å². The van der Waals surface area contributed by atoms with Crippen LogP contribution in [-0.2, 0) is 0 Å². The van der Waals surface area contributed by atoms with Gasteiger partial charge in [0.25, 0.3) is 5.91 Å². The molecule has 1 aliphatic heterocycles. The van der Waals surface area contributed by atoms with Gasteiger partial charge in [-0.25, -0.2) is 4.98 Å². The van der Waals surface area contributed by atoms with Gasteiger partial charge in [0.1, 0.15) is 0 Å². The number of halogens is 1. The summed E-state index contributed by atoms with van der Waals surface area (Å²) >= 11 is 6.38. The first-order valence-electron chi connectivity index (χ1n) is 9.26. The number of nitrogens with one attached hydrogen (secondary N) is 1. The Kier molecular flexibility index (Phi) is 5.10. The smallest absolute Gasteiger partial charge is 0.254 e. The highest BCUT2D eigenvalue weighted by molar-refractivity contribution is 6.33. The second-order valence-electron chi connectivity index (χ2n) is 7.02. The van der Waals surface area contributed by atoms with E-state index < -0.39 is 0 Å². The molecule has 0 radical (unpaired) electrons. The number of amides is 1. The van der Waals surface area contributed by atoms with Crippen LogP contribution < -0.4 is 5.32 Å². The first-order chi connectivity index (χ1) is 13.2. The van der Waals surface area contributed by atoms with Crippen molar-refractivity contribution in [2.75, 3.05) is 26.7 Å². The molecule has 1 unspecified atom stereocenters. The van der Waals surface area contributed by atoms with Gasteiger partial charge in [-0.1, -0.05) is 48.0 Å². The van der Waals surface area contributed by atoms with Gasteiger partial charge >= 0.3 is 0 Å². The van der Waals surface area contributed by atoms with Crippen LogP contribution in [0.3, 0.4) is 0 Å². The van der Waals surface area contributed by atoms with E-state index in [9.17, 15) is 4.79 Å². The lowest BCUT2D eigenvalue weighted by Crippen LogP contribution is -2.30. The number of likely N-dealkylation sites (tertiary alicyclic amines) is 1. The minimum atomic E-state index is 0.0699. The molecule has 0 aliphatic carbocycles. The lowest BCUT2D eigenvalue weighted by Gasteiger charge is -2.18. The molecular formula is C22H22ClN3O. The maximum atomic E-state index is 13.3. The highest BCUT2D eigenvalue weighted by Crippen LogP contribution is 2.31. The summed E-state index contributed by atoms with van der Waals surface area (Å²) in [7, 11) is 1.96. The van der Waals surface area contributed by atoms with Gasteiger partial charge in [0.15, 0.2) is 0 Å². The zero-order valence-corrected chi connectivity index (χ0v) is 16.0.